The Kier molecular flexibility index (Phi) is 9.23. The fourth-order valence-corrected chi connectivity index (χ4v) is 2.87. The Morgan fingerprint density at radius 2 is 1.64 bits per heavy atom. The number of hydrogen-bond acceptors (Lipinski definition) is 5. The zero-order chi connectivity index (χ0) is 24.4. The van der Waals surface area contributed by atoms with E-state index in [0.717, 1.165) is 5.56 Å². The van der Waals surface area contributed by atoms with Gasteiger partial charge in [-0.3, -0.25) is 4.79 Å². The van der Waals surface area contributed by atoms with Crippen molar-refractivity contribution in [3.8, 4) is 5.75 Å². The molecular weight excluding hydrogens is 426 g/mol. The van der Waals surface area contributed by atoms with Crippen molar-refractivity contribution in [1.29, 1.82) is 0 Å². The number of hydrogen-bond donors (Lipinski definition) is 5. The summed E-state index contributed by atoms with van der Waals surface area (Å²) in [5.41, 5.74) is 0.757. The maximum absolute atomic E-state index is 12.2. The number of nitrogens with one attached hydrogen (secondary N) is 3. The van der Waals surface area contributed by atoms with Gasteiger partial charge in [-0.25, -0.2) is 9.59 Å². The van der Waals surface area contributed by atoms with Crippen molar-refractivity contribution in [2.45, 2.75) is 51.3 Å². The lowest BCUT2D eigenvalue weighted by molar-refractivity contribution is -0.139. The third-order valence-electron chi connectivity index (χ3n) is 4.48. The topological polar surface area (TPSA) is 137 Å². The Morgan fingerprint density at radius 3 is 2.21 bits per heavy atom. The van der Waals surface area contributed by atoms with E-state index in [2.05, 4.69) is 16.0 Å². The van der Waals surface area contributed by atoms with Gasteiger partial charge >= 0.3 is 12.0 Å². The molecule has 2 unspecified atom stereocenters. The molecule has 9 nitrogen and oxygen atoms in total. The van der Waals surface area contributed by atoms with Crippen LogP contribution in [0, 0.1) is 0 Å². The third kappa shape index (κ3) is 9.61. The van der Waals surface area contributed by atoms with Crippen molar-refractivity contribution in [2.75, 3.05) is 11.9 Å². The van der Waals surface area contributed by atoms with E-state index < -0.39 is 29.7 Å². The zero-order valence-corrected chi connectivity index (χ0v) is 19.0. The summed E-state index contributed by atoms with van der Waals surface area (Å²) in [7, 11) is 0. The highest BCUT2D eigenvalue weighted by Gasteiger charge is 2.23. The molecular formula is C24H31N3O6. The van der Waals surface area contributed by atoms with Crippen LogP contribution in [0.5, 0.6) is 5.75 Å². The van der Waals surface area contributed by atoms with Crippen LogP contribution in [-0.2, 0) is 9.59 Å². The van der Waals surface area contributed by atoms with E-state index in [1.165, 1.54) is 0 Å². The summed E-state index contributed by atoms with van der Waals surface area (Å²) in [5, 5.41) is 27.1. The molecule has 0 saturated heterocycles. The Labute approximate surface area is 193 Å². The number of carboxylic acids is 1. The van der Waals surface area contributed by atoms with E-state index in [1.54, 1.807) is 45.0 Å². The smallest absolute Gasteiger partial charge is 0.326 e. The van der Waals surface area contributed by atoms with E-state index in [9.17, 15) is 24.6 Å². The van der Waals surface area contributed by atoms with Gasteiger partial charge in [0.15, 0.2) is 0 Å². The molecule has 2 rings (SSSR count). The molecule has 0 aliphatic carbocycles. The SMILES string of the molecule is CC(C)(C)NC(=O)NC(CCC(=O)Nc1ccc(OCC(O)c2ccccc2)cc1)C(=O)O. The van der Waals surface area contributed by atoms with Crippen LogP contribution in [0.15, 0.2) is 54.6 Å². The first kappa shape index (κ1) is 25.7. The van der Waals surface area contributed by atoms with Crippen molar-refractivity contribution in [1.82, 2.24) is 10.6 Å². The number of benzene rings is 2. The molecule has 0 spiro atoms. The van der Waals surface area contributed by atoms with Crippen LogP contribution in [0.2, 0.25) is 0 Å². The number of rotatable bonds is 10. The molecule has 0 radical (unpaired) electrons. The average molecular weight is 458 g/mol. The summed E-state index contributed by atoms with van der Waals surface area (Å²) in [5.74, 6) is -1.07. The summed E-state index contributed by atoms with van der Waals surface area (Å²) in [6, 6.07) is 14.0. The number of ether oxygens (including phenoxy) is 1. The zero-order valence-electron chi connectivity index (χ0n) is 19.0. The van der Waals surface area contributed by atoms with Gasteiger partial charge < -0.3 is 30.9 Å². The number of carboxylic acid groups (broad SMARTS) is 1. The summed E-state index contributed by atoms with van der Waals surface area (Å²) in [6.45, 7) is 5.41. The molecule has 5 N–H and O–H groups in total. The van der Waals surface area contributed by atoms with Gasteiger partial charge in [-0.1, -0.05) is 30.3 Å². The van der Waals surface area contributed by atoms with Crippen LogP contribution in [0.3, 0.4) is 0 Å². The molecule has 2 atom stereocenters. The van der Waals surface area contributed by atoms with Crippen LogP contribution in [0.4, 0.5) is 10.5 Å². The summed E-state index contributed by atoms with van der Waals surface area (Å²) < 4.78 is 5.58. The van der Waals surface area contributed by atoms with Gasteiger partial charge in [-0.05, 0) is 57.0 Å². The molecule has 178 valence electrons. The molecule has 0 aliphatic rings. The molecule has 0 bridgehead atoms. The lowest BCUT2D eigenvalue weighted by atomic mass is 10.1. The molecule has 33 heavy (non-hydrogen) atoms. The predicted molar refractivity (Wildman–Crippen MR) is 124 cm³/mol. The molecule has 0 heterocycles. The molecule has 3 amide bonds. The number of carbonyl (C=O) groups excluding carboxylic acids is 2. The van der Waals surface area contributed by atoms with Crippen LogP contribution < -0.4 is 20.7 Å². The van der Waals surface area contributed by atoms with Crippen LogP contribution in [-0.4, -0.2) is 46.3 Å². The van der Waals surface area contributed by atoms with Crippen LogP contribution in [0.1, 0.15) is 45.3 Å². The Morgan fingerprint density at radius 1 is 1.00 bits per heavy atom. The van der Waals surface area contributed by atoms with Gasteiger partial charge in [0.2, 0.25) is 5.91 Å². The van der Waals surface area contributed by atoms with Gasteiger partial charge in [0.05, 0.1) is 0 Å². The lowest BCUT2D eigenvalue weighted by Crippen LogP contribution is -2.51. The monoisotopic (exact) mass is 457 g/mol. The van der Waals surface area contributed by atoms with E-state index in [-0.39, 0.29) is 25.4 Å². The Bertz CT molecular complexity index is 925. The van der Waals surface area contributed by atoms with E-state index in [1.807, 2.05) is 30.3 Å². The highest BCUT2D eigenvalue weighted by atomic mass is 16.5. The van der Waals surface area contributed by atoms with Crippen LogP contribution >= 0.6 is 0 Å². The Hall–Kier alpha value is -3.59. The second-order valence-corrected chi connectivity index (χ2v) is 8.59. The number of aliphatic carboxylic acids is 1. The van der Waals surface area contributed by atoms with Gasteiger partial charge in [0.25, 0.3) is 0 Å². The third-order valence-corrected chi connectivity index (χ3v) is 4.48. The minimum absolute atomic E-state index is 0.0582. The highest BCUT2D eigenvalue weighted by molar-refractivity contribution is 5.91. The molecule has 0 saturated carbocycles. The first-order chi connectivity index (χ1) is 15.5. The summed E-state index contributed by atoms with van der Waals surface area (Å²) in [4.78, 5) is 35.5. The minimum Gasteiger partial charge on any atom is -0.491 e. The predicted octanol–water partition coefficient (Wildman–Crippen LogP) is 3.07. The van der Waals surface area contributed by atoms with E-state index >= 15 is 0 Å². The molecule has 0 aromatic heterocycles. The maximum Gasteiger partial charge on any atom is 0.326 e. The Balaban J connectivity index is 1.79. The van der Waals surface area contributed by atoms with Gasteiger partial charge in [-0.15, -0.1) is 0 Å². The maximum atomic E-state index is 12.2. The van der Waals surface area contributed by atoms with Crippen molar-refractivity contribution < 1.29 is 29.3 Å². The number of carbonyl (C=O) groups is 3. The van der Waals surface area contributed by atoms with E-state index in [4.69, 9.17) is 4.74 Å². The molecule has 2 aromatic carbocycles. The first-order valence-corrected chi connectivity index (χ1v) is 10.6. The minimum atomic E-state index is -1.22. The lowest BCUT2D eigenvalue weighted by Gasteiger charge is -2.22. The van der Waals surface area contributed by atoms with E-state index in [0.29, 0.717) is 11.4 Å². The number of amides is 3. The molecule has 2 aromatic rings. The fourth-order valence-electron chi connectivity index (χ4n) is 2.87. The standard InChI is InChI=1S/C24H31N3O6/c1-24(2,3)27-23(32)26-19(22(30)31)13-14-21(29)25-17-9-11-18(12-10-17)33-15-20(28)16-7-5-4-6-8-16/h4-12,19-20,28H,13-15H2,1-3H3,(H,25,29)(H,30,31)(H2,26,27,32). The number of anilines is 1. The van der Waals surface area contributed by atoms with Gasteiger partial charge in [0, 0.05) is 17.6 Å². The quantitative estimate of drug-likeness (QED) is 0.372. The number of urea groups is 1. The van der Waals surface area contributed by atoms with Crippen LogP contribution in [0.25, 0.3) is 0 Å². The fraction of sp³-hybridized carbons (Fsp3) is 0.375. The van der Waals surface area contributed by atoms with Crippen molar-refractivity contribution in [3.05, 3.63) is 60.2 Å². The summed E-state index contributed by atoms with van der Waals surface area (Å²) in [6.07, 6.45) is -0.905. The van der Waals surface area contributed by atoms with Crippen molar-refractivity contribution >= 4 is 23.6 Å². The number of aliphatic hydroxyl groups excluding tert-OH is 1. The average Bonchev–Trinajstić information content (AvgIpc) is 2.75. The molecule has 0 aliphatic heterocycles. The number of aliphatic hydroxyl groups is 1. The normalized spacial score (nSPS) is 12.8. The van der Waals surface area contributed by atoms with Gasteiger partial charge in [-0.2, -0.15) is 0 Å². The highest BCUT2D eigenvalue weighted by Crippen LogP contribution is 2.19. The molecule has 9 heteroatoms. The van der Waals surface area contributed by atoms with Gasteiger partial charge in [0.1, 0.15) is 24.5 Å². The van der Waals surface area contributed by atoms with Crippen molar-refractivity contribution in [3.63, 3.8) is 0 Å². The summed E-state index contributed by atoms with van der Waals surface area (Å²) >= 11 is 0. The second-order valence-electron chi connectivity index (χ2n) is 8.59. The molecule has 0 fully saturated rings. The van der Waals surface area contributed by atoms with Crippen molar-refractivity contribution in [2.24, 2.45) is 0 Å². The largest absolute Gasteiger partial charge is 0.491 e. The first-order valence-electron chi connectivity index (χ1n) is 10.6. The second kappa shape index (κ2) is 11.9.